The fourth-order valence-electron chi connectivity index (χ4n) is 4.19. The average molecular weight is 356 g/mol. The quantitative estimate of drug-likeness (QED) is 0.814. The van der Waals surface area contributed by atoms with E-state index in [1.807, 2.05) is 24.3 Å². The highest BCUT2D eigenvalue weighted by Crippen LogP contribution is 2.32. The SMILES string of the molecule is COCc1nnc2n1C[C@H]1CC[C@@H](C2)N1C(=O)Cc1cccc(OC)c1. The Morgan fingerprint density at radius 1 is 1.23 bits per heavy atom. The first-order valence-corrected chi connectivity index (χ1v) is 9.03. The largest absolute Gasteiger partial charge is 0.497 e. The van der Waals surface area contributed by atoms with Gasteiger partial charge in [0.25, 0.3) is 0 Å². The van der Waals surface area contributed by atoms with Crippen LogP contribution in [-0.2, 0) is 35.5 Å². The van der Waals surface area contributed by atoms with E-state index >= 15 is 0 Å². The highest BCUT2D eigenvalue weighted by Gasteiger charge is 2.40. The van der Waals surface area contributed by atoms with Crippen LogP contribution >= 0.6 is 0 Å². The summed E-state index contributed by atoms with van der Waals surface area (Å²) in [5.74, 6) is 2.76. The van der Waals surface area contributed by atoms with Crippen LogP contribution in [0.15, 0.2) is 24.3 Å². The van der Waals surface area contributed by atoms with Crippen molar-refractivity contribution in [2.24, 2.45) is 0 Å². The lowest BCUT2D eigenvalue weighted by Crippen LogP contribution is -2.43. The van der Waals surface area contributed by atoms with Crippen LogP contribution in [0.3, 0.4) is 0 Å². The molecule has 1 aromatic heterocycles. The topological polar surface area (TPSA) is 69.5 Å². The molecule has 138 valence electrons. The molecule has 0 N–H and O–H groups in total. The summed E-state index contributed by atoms with van der Waals surface area (Å²) in [5.41, 5.74) is 0.984. The molecule has 0 saturated carbocycles. The molecule has 1 fully saturated rings. The third-order valence-corrected chi connectivity index (χ3v) is 5.39. The molecule has 1 amide bonds. The lowest BCUT2D eigenvalue weighted by molar-refractivity contribution is -0.133. The fourth-order valence-corrected chi connectivity index (χ4v) is 4.19. The van der Waals surface area contributed by atoms with Gasteiger partial charge in [-0.1, -0.05) is 12.1 Å². The van der Waals surface area contributed by atoms with Crippen LogP contribution in [-0.4, -0.2) is 51.9 Å². The van der Waals surface area contributed by atoms with Crippen LogP contribution < -0.4 is 4.74 Å². The van der Waals surface area contributed by atoms with Crippen LogP contribution in [0.4, 0.5) is 0 Å². The Morgan fingerprint density at radius 2 is 2.08 bits per heavy atom. The summed E-state index contributed by atoms with van der Waals surface area (Å²) in [6.07, 6.45) is 3.21. The van der Waals surface area contributed by atoms with Gasteiger partial charge in [0.05, 0.1) is 19.6 Å². The van der Waals surface area contributed by atoms with Crippen LogP contribution in [0, 0.1) is 0 Å². The second-order valence-corrected chi connectivity index (χ2v) is 6.99. The Balaban J connectivity index is 1.53. The molecule has 3 heterocycles. The van der Waals surface area contributed by atoms with E-state index in [-0.39, 0.29) is 18.0 Å². The molecule has 7 nitrogen and oxygen atoms in total. The second kappa shape index (κ2) is 7.07. The summed E-state index contributed by atoms with van der Waals surface area (Å²) in [4.78, 5) is 15.2. The lowest BCUT2D eigenvalue weighted by atomic mass is 10.1. The van der Waals surface area contributed by atoms with Crippen LogP contribution in [0.5, 0.6) is 5.75 Å². The van der Waals surface area contributed by atoms with Crippen molar-refractivity contribution in [1.29, 1.82) is 0 Å². The molecule has 2 bridgehead atoms. The molecule has 2 aliphatic rings. The summed E-state index contributed by atoms with van der Waals surface area (Å²) >= 11 is 0. The van der Waals surface area contributed by atoms with Gasteiger partial charge < -0.3 is 18.9 Å². The van der Waals surface area contributed by atoms with E-state index in [9.17, 15) is 4.79 Å². The second-order valence-electron chi connectivity index (χ2n) is 6.99. The molecule has 0 radical (unpaired) electrons. The molecule has 7 heteroatoms. The number of benzene rings is 1. The molecule has 0 spiro atoms. The summed E-state index contributed by atoms with van der Waals surface area (Å²) in [5, 5.41) is 8.59. The Bertz CT molecular complexity index is 804. The van der Waals surface area contributed by atoms with Gasteiger partial charge in [-0.3, -0.25) is 4.79 Å². The number of aromatic nitrogens is 3. The zero-order valence-electron chi connectivity index (χ0n) is 15.2. The third kappa shape index (κ3) is 3.07. The molecule has 4 rings (SSSR count). The number of carbonyl (C=O) groups excluding carboxylic acids is 1. The standard InChI is InChI=1S/C19H24N4O3/c1-25-12-18-21-20-17-10-14-6-7-15(11-22(17)18)23(14)19(24)9-13-4-3-5-16(8-13)26-2/h3-5,8,14-15H,6-7,9-12H2,1-2H3/t14-,15+/m0/s1. The van der Waals surface area contributed by atoms with Crippen molar-refractivity contribution in [2.75, 3.05) is 14.2 Å². The summed E-state index contributed by atoms with van der Waals surface area (Å²) in [7, 11) is 3.30. The highest BCUT2D eigenvalue weighted by atomic mass is 16.5. The molecule has 0 unspecified atom stereocenters. The predicted octanol–water partition coefficient (Wildman–Crippen LogP) is 1.59. The minimum absolute atomic E-state index is 0.178. The van der Waals surface area contributed by atoms with Crippen molar-refractivity contribution < 1.29 is 14.3 Å². The number of hydrogen-bond donors (Lipinski definition) is 0. The first-order valence-electron chi connectivity index (χ1n) is 9.03. The van der Waals surface area contributed by atoms with Crippen molar-refractivity contribution in [1.82, 2.24) is 19.7 Å². The van der Waals surface area contributed by atoms with E-state index in [4.69, 9.17) is 9.47 Å². The Labute approximate surface area is 152 Å². The first-order chi connectivity index (χ1) is 12.7. The smallest absolute Gasteiger partial charge is 0.227 e. The van der Waals surface area contributed by atoms with Gasteiger partial charge in [-0.05, 0) is 30.5 Å². The van der Waals surface area contributed by atoms with Gasteiger partial charge in [-0.15, -0.1) is 10.2 Å². The van der Waals surface area contributed by atoms with Crippen LogP contribution in [0.1, 0.15) is 30.1 Å². The predicted molar refractivity (Wildman–Crippen MR) is 94.8 cm³/mol. The number of amides is 1. The highest BCUT2D eigenvalue weighted by molar-refractivity contribution is 5.80. The van der Waals surface area contributed by atoms with Gasteiger partial charge in [0.1, 0.15) is 18.2 Å². The Hall–Kier alpha value is -2.41. The number of nitrogens with zero attached hydrogens (tertiary/aromatic N) is 4. The summed E-state index contributed by atoms with van der Waals surface area (Å²) < 4.78 is 12.6. The molecule has 2 atom stereocenters. The Kier molecular flexibility index (Phi) is 4.63. The summed E-state index contributed by atoms with van der Waals surface area (Å²) in [6, 6.07) is 8.14. The number of fused-ring (bicyclic) bond motifs is 3. The van der Waals surface area contributed by atoms with E-state index in [0.29, 0.717) is 13.0 Å². The van der Waals surface area contributed by atoms with E-state index in [0.717, 1.165) is 48.8 Å². The van der Waals surface area contributed by atoms with Crippen molar-refractivity contribution in [3.8, 4) is 5.75 Å². The number of ether oxygens (including phenoxy) is 2. The molecule has 2 aliphatic heterocycles. The maximum absolute atomic E-state index is 13.1. The normalized spacial score (nSPS) is 21.4. The number of rotatable bonds is 5. The first kappa shape index (κ1) is 17.0. The number of hydrogen-bond acceptors (Lipinski definition) is 5. The number of methoxy groups -OCH3 is 2. The summed E-state index contributed by atoms with van der Waals surface area (Å²) in [6.45, 7) is 1.20. The van der Waals surface area contributed by atoms with Crippen molar-refractivity contribution >= 4 is 5.91 Å². The van der Waals surface area contributed by atoms with Crippen molar-refractivity contribution in [2.45, 2.75) is 50.9 Å². The lowest BCUT2D eigenvalue weighted by Gasteiger charge is -2.28. The molecule has 2 aromatic rings. The van der Waals surface area contributed by atoms with Gasteiger partial charge in [-0.25, -0.2) is 0 Å². The maximum atomic E-state index is 13.1. The van der Waals surface area contributed by atoms with Gasteiger partial charge >= 0.3 is 0 Å². The van der Waals surface area contributed by atoms with Gasteiger partial charge in [0.15, 0.2) is 5.82 Å². The van der Waals surface area contributed by atoms with Gasteiger partial charge in [0.2, 0.25) is 5.91 Å². The molecule has 0 aliphatic carbocycles. The minimum Gasteiger partial charge on any atom is -0.497 e. The zero-order chi connectivity index (χ0) is 18.1. The van der Waals surface area contributed by atoms with E-state index in [1.54, 1.807) is 14.2 Å². The van der Waals surface area contributed by atoms with Crippen LogP contribution in [0.2, 0.25) is 0 Å². The van der Waals surface area contributed by atoms with Gasteiger partial charge in [-0.2, -0.15) is 0 Å². The molecular formula is C19H24N4O3. The molecule has 1 saturated heterocycles. The van der Waals surface area contributed by atoms with Crippen LogP contribution in [0.25, 0.3) is 0 Å². The van der Waals surface area contributed by atoms with Gasteiger partial charge in [0, 0.05) is 26.1 Å². The average Bonchev–Trinajstić information content (AvgIpc) is 3.15. The monoisotopic (exact) mass is 356 g/mol. The molecule has 26 heavy (non-hydrogen) atoms. The maximum Gasteiger partial charge on any atom is 0.227 e. The fraction of sp³-hybridized carbons (Fsp3) is 0.526. The van der Waals surface area contributed by atoms with Crippen molar-refractivity contribution in [3.63, 3.8) is 0 Å². The third-order valence-electron chi connectivity index (χ3n) is 5.39. The number of carbonyl (C=O) groups is 1. The zero-order valence-corrected chi connectivity index (χ0v) is 15.2. The van der Waals surface area contributed by atoms with E-state index in [1.165, 1.54) is 0 Å². The van der Waals surface area contributed by atoms with E-state index in [2.05, 4.69) is 19.7 Å². The minimum atomic E-state index is 0.178. The molecular weight excluding hydrogens is 332 g/mol. The Morgan fingerprint density at radius 3 is 2.88 bits per heavy atom. The van der Waals surface area contributed by atoms with Crippen molar-refractivity contribution in [3.05, 3.63) is 41.5 Å². The molecule has 1 aromatic carbocycles. The van der Waals surface area contributed by atoms with E-state index < -0.39 is 0 Å².